The maximum absolute atomic E-state index is 12.1. The van der Waals surface area contributed by atoms with Crippen LogP contribution in [0.4, 0.5) is 4.79 Å². The number of rotatable bonds is 4. The van der Waals surface area contributed by atoms with Crippen molar-refractivity contribution in [2.24, 2.45) is 0 Å². The lowest BCUT2D eigenvalue weighted by Gasteiger charge is -2.07. The van der Waals surface area contributed by atoms with Crippen LogP contribution in [-0.2, 0) is 17.9 Å². The zero-order chi connectivity index (χ0) is 16.2. The molecular weight excluding hydrogens is 320 g/mol. The highest BCUT2D eigenvalue weighted by molar-refractivity contribution is 7.17. The molecule has 0 fully saturated rings. The zero-order valence-corrected chi connectivity index (χ0v) is 12.6. The Morgan fingerprint density at radius 1 is 1.35 bits per heavy atom. The molecule has 0 atom stereocenters. The minimum atomic E-state index is -0.662. The van der Waals surface area contributed by atoms with Gasteiger partial charge in [-0.1, -0.05) is 0 Å². The average molecular weight is 332 g/mol. The lowest BCUT2D eigenvalue weighted by molar-refractivity contribution is -0.120. The standard InChI is InChI=1S/C14H12N4O4S/c19-11(17-14(21)15-6-9-2-1-4-22-9)7-18-8-16-10-3-5-23-12(10)13(18)20/h1-5,8H,6-7H2,(H2,15,17,19,21). The largest absolute Gasteiger partial charge is 0.467 e. The Labute approximate surface area is 133 Å². The Balaban J connectivity index is 1.58. The van der Waals surface area contributed by atoms with Gasteiger partial charge < -0.3 is 9.73 Å². The van der Waals surface area contributed by atoms with E-state index in [1.807, 2.05) is 0 Å². The summed E-state index contributed by atoms with van der Waals surface area (Å²) in [6.45, 7) is -0.122. The quantitative estimate of drug-likeness (QED) is 0.743. The summed E-state index contributed by atoms with van der Waals surface area (Å²) < 4.78 is 6.69. The molecule has 0 radical (unpaired) electrons. The third-order valence-electron chi connectivity index (χ3n) is 3.01. The van der Waals surface area contributed by atoms with Crippen LogP contribution in [0.25, 0.3) is 10.2 Å². The van der Waals surface area contributed by atoms with Crippen LogP contribution in [-0.4, -0.2) is 21.5 Å². The molecule has 0 bridgehead atoms. The number of thiophene rings is 1. The highest BCUT2D eigenvalue weighted by Crippen LogP contribution is 2.12. The molecule has 0 aliphatic heterocycles. The van der Waals surface area contributed by atoms with Gasteiger partial charge in [-0.25, -0.2) is 9.78 Å². The molecule has 0 aliphatic carbocycles. The number of nitrogens with one attached hydrogen (secondary N) is 2. The summed E-state index contributed by atoms with van der Waals surface area (Å²) in [6.07, 6.45) is 2.78. The monoisotopic (exact) mass is 332 g/mol. The first-order valence-electron chi connectivity index (χ1n) is 6.66. The van der Waals surface area contributed by atoms with Crippen molar-refractivity contribution >= 4 is 33.5 Å². The van der Waals surface area contributed by atoms with E-state index < -0.39 is 11.9 Å². The number of carbonyl (C=O) groups is 2. The molecule has 8 nitrogen and oxygen atoms in total. The number of urea groups is 1. The van der Waals surface area contributed by atoms with E-state index >= 15 is 0 Å². The zero-order valence-electron chi connectivity index (χ0n) is 11.8. The van der Waals surface area contributed by atoms with Crippen molar-refractivity contribution in [1.82, 2.24) is 20.2 Å². The van der Waals surface area contributed by atoms with Crippen LogP contribution in [0.15, 0.2) is 45.4 Å². The molecule has 0 saturated carbocycles. The number of nitrogens with zero attached hydrogens (tertiary/aromatic N) is 2. The number of amides is 3. The maximum Gasteiger partial charge on any atom is 0.321 e. The number of fused-ring (bicyclic) bond motifs is 1. The van der Waals surface area contributed by atoms with Crippen LogP contribution < -0.4 is 16.2 Å². The second kappa shape index (κ2) is 6.44. The second-order valence-corrected chi connectivity index (χ2v) is 5.54. The van der Waals surface area contributed by atoms with Crippen LogP contribution in [0.2, 0.25) is 0 Å². The van der Waals surface area contributed by atoms with Crippen molar-refractivity contribution in [3.05, 3.63) is 52.3 Å². The van der Waals surface area contributed by atoms with Crippen molar-refractivity contribution < 1.29 is 14.0 Å². The van der Waals surface area contributed by atoms with Crippen molar-refractivity contribution in [1.29, 1.82) is 0 Å². The van der Waals surface area contributed by atoms with E-state index in [4.69, 9.17) is 4.42 Å². The van der Waals surface area contributed by atoms with Crippen molar-refractivity contribution in [3.63, 3.8) is 0 Å². The highest BCUT2D eigenvalue weighted by Gasteiger charge is 2.11. The second-order valence-electron chi connectivity index (χ2n) is 4.62. The topological polar surface area (TPSA) is 106 Å². The molecular formula is C14H12N4O4S. The Bertz CT molecular complexity index is 897. The molecule has 2 N–H and O–H groups in total. The SMILES string of the molecule is O=C(Cn1cnc2ccsc2c1=O)NC(=O)NCc1ccco1. The molecule has 0 aliphatic rings. The minimum absolute atomic E-state index is 0.161. The van der Waals surface area contributed by atoms with Crippen LogP contribution in [0.5, 0.6) is 0 Å². The Kier molecular flexibility index (Phi) is 4.20. The number of furan rings is 1. The molecule has 0 saturated heterocycles. The predicted molar refractivity (Wildman–Crippen MR) is 83.0 cm³/mol. The summed E-state index contributed by atoms with van der Waals surface area (Å²) in [4.78, 5) is 39.7. The summed E-state index contributed by atoms with van der Waals surface area (Å²) in [5.41, 5.74) is 0.281. The van der Waals surface area contributed by atoms with E-state index in [9.17, 15) is 14.4 Å². The van der Waals surface area contributed by atoms with Gasteiger partial charge in [0.15, 0.2) is 0 Å². The average Bonchev–Trinajstić information content (AvgIpc) is 3.19. The van der Waals surface area contributed by atoms with Crippen LogP contribution in [0.1, 0.15) is 5.76 Å². The molecule has 3 rings (SSSR count). The van der Waals surface area contributed by atoms with E-state index in [1.165, 1.54) is 23.9 Å². The summed E-state index contributed by atoms with van der Waals surface area (Å²) >= 11 is 1.26. The Morgan fingerprint density at radius 2 is 2.22 bits per heavy atom. The first-order chi connectivity index (χ1) is 11.1. The maximum atomic E-state index is 12.1. The number of carbonyl (C=O) groups excluding carboxylic acids is 2. The van der Waals surface area contributed by atoms with Crippen LogP contribution in [0, 0.1) is 0 Å². The third-order valence-corrected chi connectivity index (χ3v) is 3.90. The predicted octanol–water partition coefficient (Wildman–Crippen LogP) is 1.08. The van der Waals surface area contributed by atoms with Gasteiger partial charge in [-0.3, -0.25) is 19.5 Å². The van der Waals surface area contributed by atoms with Gasteiger partial charge >= 0.3 is 6.03 Å². The summed E-state index contributed by atoms with van der Waals surface area (Å²) in [5, 5.41) is 6.38. The van der Waals surface area contributed by atoms with Crippen molar-refractivity contribution in [2.75, 3.05) is 0 Å². The van der Waals surface area contributed by atoms with E-state index in [-0.39, 0.29) is 18.6 Å². The molecule has 0 aromatic carbocycles. The van der Waals surface area contributed by atoms with E-state index in [0.29, 0.717) is 16.0 Å². The molecule has 3 heterocycles. The fourth-order valence-corrected chi connectivity index (χ4v) is 2.73. The van der Waals surface area contributed by atoms with Gasteiger partial charge in [0.1, 0.15) is 17.0 Å². The Morgan fingerprint density at radius 3 is 3.00 bits per heavy atom. The van der Waals surface area contributed by atoms with Gasteiger partial charge in [-0.2, -0.15) is 0 Å². The van der Waals surface area contributed by atoms with Crippen LogP contribution >= 0.6 is 11.3 Å². The van der Waals surface area contributed by atoms with Gasteiger partial charge in [-0.05, 0) is 23.6 Å². The van der Waals surface area contributed by atoms with Gasteiger partial charge in [0.2, 0.25) is 5.91 Å². The number of aromatic nitrogens is 2. The molecule has 9 heteroatoms. The van der Waals surface area contributed by atoms with Gasteiger partial charge in [0, 0.05) is 0 Å². The Hall–Kier alpha value is -2.94. The number of imide groups is 1. The first kappa shape index (κ1) is 15.0. The smallest absolute Gasteiger partial charge is 0.321 e. The van der Waals surface area contributed by atoms with Crippen molar-refractivity contribution in [2.45, 2.75) is 13.1 Å². The number of hydrogen-bond acceptors (Lipinski definition) is 6. The summed E-state index contributed by atoms with van der Waals surface area (Å²) in [7, 11) is 0. The molecule has 3 aromatic heterocycles. The van der Waals surface area contributed by atoms with E-state index in [2.05, 4.69) is 15.6 Å². The molecule has 3 amide bonds. The fourth-order valence-electron chi connectivity index (χ4n) is 1.94. The normalized spacial score (nSPS) is 10.6. The molecule has 23 heavy (non-hydrogen) atoms. The molecule has 0 spiro atoms. The first-order valence-corrected chi connectivity index (χ1v) is 7.54. The fraction of sp³-hybridized carbons (Fsp3) is 0.143. The third kappa shape index (κ3) is 3.46. The van der Waals surface area contributed by atoms with Gasteiger partial charge in [-0.15, -0.1) is 11.3 Å². The van der Waals surface area contributed by atoms with E-state index in [0.717, 1.165) is 4.57 Å². The highest BCUT2D eigenvalue weighted by atomic mass is 32.1. The van der Waals surface area contributed by atoms with Gasteiger partial charge in [0.25, 0.3) is 5.56 Å². The van der Waals surface area contributed by atoms with Crippen LogP contribution in [0.3, 0.4) is 0 Å². The van der Waals surface area contributed by atoms with Crippen molar-refractivity contribution in [3.8, 4) is 0 Å². The summed E-state index contributed by atoms with van der Waals surface area (Å²) in [5.74, 6) is -0.0436. The molecule has 118 valence electrons. The molecule has 0 unspecified atom stereocenters. The van der Waals surface area contributed by atoms with E-state index in [1.54, 1.807) is 23.6 Å². The van der Waals surface area contributed by atoms with Gasteiger partial charge in [0.05, 0.1) is 24.7 Å². The minimum Gasteiger partial charge on any atom is -0.467 e. The summed E-state index contributed by atoms with van der Waals surface area (Å²) in [6, 6.07) is 4.46. The number of hydrogen-bond donors (Lipinski definition) is 2. The lowest BCUT2D eigenvalue weighted by Crippen LogP contribution is -2.41. The molecule has 3 aromatic rings. The lowest BCUT2D eigenvalue weighted by atomic mass is 10.4.